The molecule has 0 bridgehead atoms. The fourth-order valence-corrected chi connectivity index (χ4v) is 2.70. The van der Waals surface area contributed by atoms with Crippen LogP contribution in [0.25, 0.3) is 0 Å². The minimum Gasteiger partial charge on any atom is -0.389 e. The maximum Gasteiger partial charge on any atom is 0.129 e. The number of aromatic nitrogens is 1. The number of aliphatic hydroxyl groups is 1. The second-order valence-electron chi connectivity index (χ2n) is 7.14. The van der Waals surface area contributed by atoms with Crippen LogP contribution in [0.3, 0.4) is 0 Å². The Hall–Kier alpha value is -0.720. The van der Waals surface area contributed by atoms with Gasteiger partial charge in [-0.05, 0) is 32.4 Å². The summed E-state index contributed by atoms with van der Waals surface area (Å²) in [5, 5.41) is 10.6. The van der Waals surface area contributed by atoms with E-state index in [2.05, 4.69) is 14.8 Å². The van der Waals surface area contributed by atoms with Crippen LogP contribution in [0, 0.1) is 0 Å². The predicted molar refractivity (Wildman–Crippen MR) is 92.7 cm³/mol. The van der Waals surface area contributed by atoms with E-state index < -0.39 is 6.10 Å². The van der Waals surface area contributed by atoms with Crippen LogP contribution in [-0.2, 0) is 11.3 Å². The standard InChI is InChI=1S/C17H28ClN3O2/c1-17(2,3)23-13-15(22)12-21-8-6-20(7-9-21)11-14-4-5-16(18)19-10-14/h4-5,10,15,22H,6-9,11-13H2,1-3H3. The van der Waals surface area contributed by atoms with Gasteiger partial charge in [0.05, 0.1) is 18.3 Å². The zero-order chi connectivity index (χ0) is 16.9. The van der Waals surface area contributed by atoms with Crippen molar-refractivity contribution < 1.29 is 9.84 Å². The van der Waals surface area contributed by atoms with Crippen molar-refractivity contribution in [1.29, 1.82) is 0 Å². The van der Waals surface area contributed by atoms with Crippen LogP contribution in [0.1, 0.15) is 26.3 Å². The van der Waals surface area contributed by atoms with E-state index in [-0.39, 0.29) is 5.60 Å². The van der Waals surface area contributed by atoms with Crippen molar-refractivity contribution >= 4 is 11.6 Å². The topological polar surface area (TPSA) is 48.8 Å². The molecule has 5 nitrogen and oxygen atoms in total. The quantitative estimate of drug-likeness (QED) is 0.802. The van der Waals surface area contributed by atoms with Crippen molar-refractivity contribution in [3.63, 3.8) is 0 Å². The highest BCUT2D eigenvalue weighted by Crippen LogP contribution is 2.11. The maximum atomic E-state index is 10.1. The number of ether oxygens (including phenoxy) is 1. The summed E-state index contributed by atoms with van der Waals surface area (Å²) in [5.41, 5.74) is 0.980. The van der Waals surface area contributed by atoms with Crippen molar-refractivity contribution in [2.75, 3.05) is 39.3 Å². The minimum atomic E-state index is -0.429. The van der Waals surface area contributed by atoms with Gasteiger partial charge in [-0.25, -0.2) is 4.98 Å². The number of aliphatic hydroxyl groups excluding tert-OH is 1. The molecule has 6 heteroatoms. The molecule has 0 saturated carbocycles. The molecule has 0 spiro atoms. The Morgan fingerprint density at radius 1 is 1.22 bits per heavy atom. The van der Waals surface area contributed by atoms with Gasteiger partial charge in [0.2, 0.25) is 0 Å². The van der Waals surface area contributed by atoms with Crippen LogP contribution in [0.4, 0.5) is 0 Å². The van der Waals surface area contributed by atoms with Crippen molar-refractivity contribution in [2.24, 2.45) is 0 Å². The molecule has 0 aliphatic carbocycles. The molecule has 130 valence electrons. The lowest BCUT2D eigenvalue weighted by atomic mass is 10.2. The Morgan fingerprint density at radius 3 is 2.43 bits per heavy atom. The van der Waals surface area contributed by atoms with Crippen molar-refractivity contribution in [1.82, 2.24) is 14.8 Å². The highest BCUT2D eigenvalue weighted by molar-refractivity contribution is 6.29. The van der Waals surface area contributed by atoms with Gasteiger partial charge in [-0.15, -0.1) is 0 Å². The molecule has 1 unspecified atom stereocenters. The van der Waals surface area contributed by atoms with Crippen molar-refractivity contribution in [2.45, 2.75) is 39.0 Å². The first-order valence-corrected chi connectivity index (χ1v) is 8.57. The van der Waals surface area contributed by atoms with E-state index in [9.17, 15) is 5.11 Å². The molecule has 1 aliphatic rings. The Balaban J connectivity index is 1.68. The molecular weight excluding hydrogens is 314 g/mol. The van der Waals surface area contributed by atoms with Crippen LogP contribution in [0.5, 0.6) is 0 Å². The lowest BCUT2D eigenvalue weighted by molar-refractivity contribution is -0.0587. The molecule has 1 aromatic heterocycles. The summed E-state index contributed by atoms with van der Waals surface area (Å²) in [6, 6.07) is 3.86. The first kappa shape index (κ1) is 18.6. The Kier molecular flexibility index (Phi) is 6.80. The number of halogens is 1. The summed E-state index contributed by atoms with van der Waals surface area (Å²) >= 11 is 5.81. The van der Waals surface area contributed by atoms with E-state index in [0.29, 0.717) is 18.3 Å². The Bertz CT molecular complexity index is 468. The molecule has 2 heterocycles. The number of rotatable bonds is 6. The van der Waals surface area contributed by atoms with Crippen LogP contribution in [0.15, 0.2) is 18.3 Å². The van der Waals surface area contributed by atoms with Crippen LogP contribution >= 0.6 is 11.6 Å². The summed E-state index contributed by atoms with van der Waals surface area (Å²) < 4.78 is 5.64. The van der Waals surface area contributed by atoms with Gasteiger partial charge in [-0.1, -0.05) is 17.7 Å². The van der Waals surface area contributed by atoms with Crippen LogP contribution in [-0.4, -0.2) is 70.9 Å². The Morgan fingerprint density at radius 2 is 1.87 bits per heavy atom. The normalized spacial score (nSPS) is 19.0. The third kappa shape index (κ3) is 7.14. The van der Waals surface area contributed by atoms with E-state index in [4.69, 9.17) is 16.3 Å². The zero-order valence-electron chi connectivity index (χ0n) is 14.3. The zero-order valence-corrected chi connectivity index (χ0v) is 15.1. The number of nitrogens with zero attached hydrogens (tertiary/aromatic N) is 3. The SMILES string of the molecule is CC(C)(C)OCC(O)CN1CCN(Cc2ccc(Cl)nc2)CC1. The highest BCUT2D eigenvalue weighted by atomic mass is 35.5. The summed E-state index contributed by atoms with van der Waals surface area (Å²) in [6.07, 6.45) is 1.41. The molecule has 0 radical (unpaired) electrons. The fourth-order valence-electron chi connectivity index (χ4n) is 2.59. The first-order valence-electron chi connectivity index (χ1n) is 8.19. The number of pyridine rings is 1. The van der Waals surface area contributed by atoms with Crippen LogP contribution in [0.2, 0.25) is 5.15 Å². The second kappa shape index (κ2) is 8.40. The minimum absolute atomic E-state index is 0.202. The highest BCUT2D eigenvalue weighted by Gasteiger charge is 2.20. The number of piperazine rings is 1. The van der Waals surface area contributed by atoms with E-state index in [1.807, 2.05) is 39.1 Å². The molecule has 23 heavy (non-hydrogen) atoms. The average molecular weight is 342 g/mol. The molecule has 1 aliphatic heterocycles. The summed E-state index contributed by atoms with van der Waals surface area (Å²) in [5.74, 6) is 0. The summed E-state index contributed by atoms with van der Waals surface area (Å²) in [4.78, 5) is 8.82. The van der Waals surface area contributed by atoms with E-state index in [1.165, 1.54) is 5.56 Å². The predicted octanol–water partition coefficient (Wildman–Crippen LogP) is 2.03. The van der Waals surface area contributed by atoms with E-state index in [0.717, 1.165) is 32.7 Å². The van der Waals surface area contributed by atoms with Gasteiger partial charge in [0.15, 0.2) is 0 Å². The molecule has 1 aromatic rings. The Labute approximate surface area is 144 Å². The van der Waals surface area contributed by atoms with Gasteiger partial charge in [-0.3, -0.25) is 9.80 Å². The molecule has 1 atom stereocenters. The molecule has 0 amide bonds. The molecule has 1 N–H and O–H groups in total. The second-order valence-corrected chi connectivity index (χ2v) is 7.53. The first-order chi connectivity index (χ1) is 10.8. The molecule has 0 aromatic carbocycles. The monoisotopic (exact) mass is 341 g/mol. The lowest BCUT2D eigenvalue weighted by Gasteiger charge is -2.35. The van der Waals surface area contributed by atoms with Gasteiger partial charge in [-0.2, -0.15) is 0 Å². The molecule has 1 fully saturated rings. The molecular formula is C17H28ClN3O2. The van der Waals surface area contributed by atoms with E-state index in [1.54, 1.807) is 0 Å². The third-order valence-corrected chi connectivity index (χ3v) is 4.06. The molecule has 1 saturated heterocycles. The third-order valence-electron chi connectivity index (χ3n) is 3.84. The fraction of sp³-hybridized carbons (Fsp3) is 0.706. The van der Waals surface area contributed by atoms with Crippen molar-refractivity contribution in [3.8, 4) is 0 Å². The average Bonchev–Trinajstić information content (AvgIpc) is 2.49. The van der Waals surface area contributed by atoms with Gasteiger partial charge in [0, 0.05) is 45.5 Å². The van der Waals surface area contributed by atoms with Gasteiger partial charge in [0.1, 0.15) is 5.15 Å². The largest absolute Gasteiger partial charge is 0.389 e. The number of β-amino-alcohol motifs (C(OH)–C–C–N with tert-alkyl or cyclic N) is 1. The van der Waals surface area contributed by atoms with Crippen LogP contribution < -0.4 is 0 Å². The van der Waals surface area contributed by atoms with Gasteiger partial charge >= 0.3 is 0 Å². The smallest absolute Gasteiger partial charge is 0.129 e. The summed E-state index contributed by atoms with van der Waals surface area (Å²) in [6.45, 7) is 11.9. The van der Waals surface area contributed by atoms with Gasteiger partial charge in [0.25, 0.3) is 0 Å². The van der Waals surface area contributed by atoms with Gasteiger partial charge < -0.3 is 9.84 Å². The molecule has 2 rings (SSSR count). The van der Waals surface area contributed by atoms with E-state index >= 15 is 0 Å². The lowest BCUT2D eigenvalue weighted by Crippen LogP contribution is -2.48. The maximum absolute atomic E-state index is 10.1. The summed E-state index contributed by atoms with van der Waals surface area (Å²) in [7, 11) is 0. The van der Waals surface area contributed by atoms with Crippen molar-refractivity contribution in [3.05, 3.63) is 29.0 Å². The number of hydrogen-bond acceptors (Lipinski definition) is 5. The number of hydrogen-bond donors (Lipinski definition) is 1.